The van der Waals surface area contributed by atoms with Crippen molar-refractivity contribution in [3.05, 3.63) is 0 Å². The number of hydrogen-bond acceptors (Lipinski definition) is 1. The summed E-state index contributed by atoms with van der Waals surface area (Å²) in [6, 6.07) is -1.21. The summed E-state index contributed by atoms with van der Waals surface area (Å²) in [5, 5.41) is 0. The molecule has 146 valence electrons. The number of alkyl halides is 7. The summed E-state index contributed by atoms with van der Waals surface area (Å²) < 4.78 is 79.5. The minimum atomic E-state index is -5.91. The maximum absolute atomic E-state index is 13.2. The highest BCUT2D eigenvalue weighted by atomic mass is 35.5. The van der Waals surface area contributed by atoms with E-state index in [9.17, 15) is 31.1 Å². The third-order valence-corrected chi connectivity index (χ3v) is 5.84. The zero-order valence-corrected chi connectivity index (χ0v) is 14.5. The number of rotatable bonds is 3. The van der Waals surface area contributed by atoms with Gasteiger partial charge in [0.1, 0.15) is 0 Å². The molecule has 0 spiro atoms. The highest BCUT2D eigenvalue weighted by molar-refractivity contribution is 6.36. The largest absolute Gasteiger partial charge is 0.425 e. The first-order chi connectivity index (χ1) is 11.5. The molecule has 0 heterocycles. The second kappa shape index (κ2) is 7.53. The Morgan fingerprint density at radius 1 is 0.720 bits per heavy atom. The Morgan fingerprint density at radius 2 is 1.04 bits per heavy atom. The molecule has 2 nitrogen and oxygen atoms in total. The van der Waals surface area contributed by atoms with Crippen LogP contribution in [0.1, 0.15) is 64.2 Å². The molecule has 9 heteroatoms. The smallest absolute Gasteiger partial charge is 0.335 e. The molecule has 0 bridgehead atoms. The summed E-state index contributed by atoms with van der Waals surface area (Å²) >= 11 is 5.03. The summed E-state index contributed by atoms with van der Waals surface area (Å²) in [6.07, 6.45) is -5.64. The summed E-state index contributed by atoms with van der Waals surface area (Å²) in [7, 11) is 0. The van der Waals surface area contributed by atoms with E-state index in [1.54, 1.807) is 0 Å². The van der Waals surface area contributed by atoms with Crippen LogP contribution in [0.5, 0.6) is 0 Å². The standard InChI is InChI=1S/C16H22ClF6NO/c17-14(15(18,19)20,16(21,22)23)13(25)24(11-7-3-1-4-8-11)12-9-5-2-6-10-12/h11-12H,1-10H2. The van der Waals surface area contributed by atoms with Crippen LogP contribution < -0.4 is 0 Å². The Kier molecular flexibility index (Phi) is 6.22. The van der Waals surface area contributed by atoms with Crippen molar-refractivity contribution in [2.45, 2.75) is 93.5 Å². The predicted octanol–water partition coefficient (Wildman–Crippen LogP) is 5.58. The van der Waals surface area contributed by atoms with Gasteiger partial charge in [-0.2, -0.15) is 26.3 Å². The van der Waals surface area contributed by atoms with Crippen LogP contribution in [0, 0.1) is 0 Å². The Bertz CT molecular complexity index is 434. The minimum Gasteiger partial charge on any atom is -0.335 e. The average Bonchev–Trinajstić information content (AvgIpc) is 2.54. The van der Waals surface area contributed by atoms with E-state index in [-0.39, 0.29) is 0 Å². The molecule has 0 N–H and O–H groups in total. The quantitative estimate of drug-likeness (QED) is 0.452. The molecule has 1 amide bonds. The summed E-state index contributed by atoms with van der Waals surface area (Å²) in [5.41, 5.74) is 0. The molecule has 0 radical (unpaired) electrons. The first kappa shape index (κ1) is 20.6. The molecule has 0 unspecified atom stereocenters. The monoisotopic (exact) mass is 393 g/mol. The van der Waals surface area contributed by atoms with Crippen molar-refractivity contribution in [1.82, 2.24) is 4.90 Å². The summed E-state index contributed by atoms with van der Waals surface area (Å²) in [6.45, 7) is 0. The SMILES string of the molecule is O=C(N(C1CCCCC1)C1CCCCC1)C(Cl)(C(F)(F)F)C(F)(F)F. The number of carbonyl (C=O) groups is 1. The third kappa shape index (κ3) is 4.03. The van der Waals surface area contributed by atoms with E-state index < -0.39 is 35.2 Å². The van der Waals surface area contributed by atoms with Crippen molar-refractivity contribution >= 4 is 17.5 Å². The van der Waals surface area contributed by atoms with E-state index in [0.717, 1.165) is 17.7 Å². The molecule has 2 fully saturated rings. The maximum atomic E-state index is 13.2. The molecular weight excluding hydrogens is 372 g/mol. The highest BCUT2D eigenvalue weighted by Gasteiger charge is 2.76. The lowest BCUT2D eigenvalue weighted by Crippen LogP contribution is -2.66. The fourth-order valence-electron chi connectivity index (χ4n) is 3.93. The molecule has 0 aromatic rings. The fraction of sp³-hybridized carbons (Fsp3) is 0.938. The number of halogens is 7. The van der Waals surface area contributed by atoms with E-state index in [4.69, 9.17) is 11.6 Å². The Labute approximate surface area is 147 Å². The second-order valence-electron chi connectivity index (χ2n) is 6.95. The molecule has 0 aromatic heterocycles. The topological polar surface area (TPSA) is 20.3 Å². The van der Waals surface area contributed by atoms with Gasteiger partial charge < -0.3 is 4.90 Å². The summed E-state index contributed by atoms with van der Waals surface area (Å²) in [5.74, 6) is -2.05. The van der Waals surface area contributed by atoms with Gasteiger partial charge in [0.2, 0.25) is 0 Å². The van der Waals surface area contributed by atoms with Gasteiger partial charge in [-0.25, -0.2) is 0 Å². The van der Waals surface area contributed by atoms with Gasteiger partial charge in [0.05, 0.1) is 0 Å². The predicted molar refractivity (Wildman–Crippen MR) is 81.3 cm³/mol. The van der Waals surface area contributed by atoms with Gasteiger partial charge in [-0.05, 0) is 25.7 Å². The van der Waals surface area contributed by atoms with Crippen molar-refractivity contribution in [3.8, 4) is 0 Å². The van der Waals surface area contributed by atoms with Gasteiger partial charge in [0.15, 0.2) is 0 Å². The molecular formula is C16H22ClF6NO. The molecule has 0 saturated heterocycles. The molecule has 2 aliphatic carbocycles. The van der Waals surface area contributed by atoms with Crippen LogP contribution in [0.25, 0.3) is 0 Å². The highest BCUT2D eigenvalue weighted by Crippen LogP contribution is 2.50. The van der Waals surface area contributed by atoms with Gasteiger partial charge >= 0.3 is 17.2 Å². The van der Waals surface area contributed by atoms with Crippen LogP contribution in [-0.4, -0.2) is 40.1 Å². The third-order valence-electron chi connectivity index (χ3n) is 5.25. The fourth-order valence-corrected chi connectivity index (χ4v) is 4.03. The summed E-state index contributed by atoms with van der Waals surface area (Å²) in [4.78, 5) is 8.58. The molecule has 2 rings (SSSR count). The lowest BCUT2D eigenvalue weighted by molar-refractivity contribution is -0.265. The molecule has 0 aliphatic heterocycles. The van der Waals surface area contributed by atoms with E-state index >= 15 is 0 Å². The normalized spacial score (nSPS) is 22.0. The molecule has 2 aliphatic rings. The van der Waals surface area contributed by atoms with Crippen molar-refractivity contribution in [2.24, 2.45) is 0 Å². The van der Waals surface area contributed by atoms with Gasteiger partial charge in [0, 0.05) is 12.1 Å². The van der Waals surface area contributed by atoms with Gasteiger partial charge in [-0.1, -0.05) is 50.1 Å². The maximum Gasteiger partial charge on any atom is 0.425 e. The van der Waals surface area contributed by atoms with E-state index in [1.807, 2.05) is 0 Å². The van der Waals surface area contributed by atoms with Crippen LogP contribution in [0.4, 0.5) is 26.3 Å². The lowest BCUT2D eigenvalue weighted by Gasteiger charge is -2.45. The van der Waals surface area contributed by atoms with E-state index in [2.05, 4.69) is 0 Å². The number of carbonyl (C=O) groups excluding carboxylic acids is 1. The van der Waals surface area contributed by atoms with Crippen LogP contribution in [0.2, 0.25) is 0 Å². The van der Waals surface area contributed by atoms with Crippen LogP contribution in [-0.2, 0) is 4.79 Å². The Hall–Kier alpha value is -0.660. The van der Waals surface area contributed by atoms with Gasteiger partial charge in [-0.3, -0.25) is 4.79 Å². The molecule has 0 atom stereocenters. The van der Waals surface area contributed by atoms with E-state index in [0.29, 0.717) is 51.4 Å². The molecule has 25 heavy (non-hydrogen) atoms. The number of nitrogens with zero attached hydrogens (tertiary/aromatic N) is 1. The first-order valence-corrected chi connectivity index (χ1v) is 9.03. The molecule has 0 aromatic carbocycles. The average molecular weight is 394 g/mol. The van der Waals surface area contributed by atoms with Gasteiger partial charge in [-0.15, -0.1) is 0 Å². The first-order valence-electron chi connectivity index (χ1n) is 8.65. The van der Waals surface area contributed by atoms with Crippen LogP contribution >= 0.6 is 11.6 Å². The Balaban J connectivity index is 2.41. The van der Waals surface area contributed by atoms with E-state index in [1.165, 1.54) is 0 Å². The van der Waals surface area contributed by atoms with Crippen molar-refractivity contribution in [1.29, 1.82) is 0 Å². The zero-order chi connectivity index (χ0) is 18.9. The number of hydrogen-bond donors (Lipinski definition) is 0. The lowest BCUT2D eigenvalue weighted by atomic mass is 9.87. The van der Waals surface area contributed by atoms with Gasteiger partial charge in [0.25, 0.3) is 5.91 Å². The Morgan fingerprint density at radius 3 is 1.32 bits per heavy atom. The zero-order valence-electron chi connectivity index (χ0n) is 13.7. The van der Waals surface area contributed by atoms with Crippen LogP contribution in [0.3, 0.4) is 0 Å². The van der Waals surface area contributed by atoms with Crippen molar-refractivity contribution in [2.75, 3.05) is 0 Å². The van der Waals surface area contributed by atoms with Crippen LogP contribution in [0.15, 0.2) is 0 Å². The van der Waals surface area contributed by atoms with Crippen molar-refractivity contribution in [3.63, 3.8) is 0 Å². The van der Waals surface area contributed by atoms with Crippen molar-refractivity contribution < 1.29 is 31.1 Å². The number of amides is 1. The second-order valence-corrected chi connectivity index (χ2v) is 7.52. The molecule has 2 saturated carbocycles. The minimum absolute atomic E-state index is 0.422.